The lowest BCUT2D eigenvalue weighted by Gasteiger charge is -2.30. The molecule has 0 bridgehead atoms. The van der Waals surface area contributed by atoms with Gasteiger partial charge in [-0.2, -0.15) is 0 Å². The number of anilines is 3. The molecule has 0 aliphatic carbocycles. The fraction of sp³-hybridized carbons (Fsp3) is 0.261. The maximum atomic E-state index is 11.7. The molecule has 7 nitrogen and oxygen atoms in total. The predicted octanol–water partition coefficient (Wildman–Crippen LogP) is 4.57. The van der Waals surface area contributed by atoms with Crippen molar-refractivity contribution in [1.29, 1.82) is 0 Å². The molecule has 0 saturated carbocycles. The summed E-state index contributed by atoms with van der Waals surface area (Å²) >= 11 is 1.61. The largest absolute Gasteiger partial charge is 0.469 e. The smallest absolute Gasteiger partial charge is 0.312 e. The maximum absolute atomic E-state index is 11.7. The van der Waals surface area contributed by atoms with E-state index in [-0.39, 0.29) is 11.9 Å². The van der Waals surface area contributed by atoms with Crippen molar-refractivity contribution < 1.29 is 14.3 Å². The number of ether oxygens (including phenoxy) is 2. The van der Waals surface area contributed by atoms with E-state index in [9.17, 15) is 4.79 Å². The summed E-state index contributed by atoms with van der Waals surface area (Å²) in [5.41, 5.74) is 4.11. The lowest BCUT2D eigenvalue weighted by atomic mass is 10.0. The minimum Gasteiger partial charge on any atom is -0.469 e. The van der Waals surface area contributed by atoms with Gasteiger partial charge in [0, 0.05) is 36.6 Å². The first-order valence-electron chi connectivity index (χ1n) is 9.90. The van der Waals surface area contributed by atoms with Crippen molar-refractivity contribution in [1.82, 2.24) is 9.97 Å². The van der Waals surface area contributed by atoms with Gasteiger partial charge in [0.25, 0.3) is 0 Å². The van der Waals surface area contributed by atoms with Gasteiger partial charge in [-0.1, -0.05) is 30.0 Å². The van der Waals surface area contributed by atoms with E-state index < -0.39 is 0 Å². The zero-order valence-electron chi connectivity index (χ0n) is 17.7. The molecule has 1 aliphatic heterocycles. The SMILES string of the molecule is COCN1c2cc(CNc3ccc(C(C)C(=O)OC)cc3)ccc2Sc2nccnc21. The Morgan fingerprint density at radius 3 is 2.65 bits per heavy atom. The summed E-state index contributed by atoms with van der Waals surface area (Å²) in [6.07, 6.45) is 3.40. The lowest BCUT2D eigenvalue weighted by molar-refractivity contribution is -0.141. The Labute approximate surface area is 185 Å². The molecule has 0 saturated heterocycles. The van der Waals surface area contributed by atoms with E-state index in [2.05, 4.69) is 33.5 Å². The number of esters is 1. The van der Waals surface area contributed by atoms with Crippen LogP contribution in [0, 0.1) is 0 Å². The number of benzene rings is 2. The number of hydrogen-bond donors (Lipinski definition) is 1. The average Bonchev–Trinajstić information content (AvgIpc) is 2.82. The molecule has 0 fully saturated rings. The molecule has 0 spiro atoms. The first-order valence-corrected chi connectivity index (χ1v) is 10.7. The van der Waals surface area contributed by atoms with Crippen LogP contribution in [0.3, 0.4) is 0 Å². The summed E-state index contributed by atoms with van der Waals surface area (Å²) in [6.45, 7) is 2.90. The molecule has 0 radical (unpaired) electrons. The summed E-state index contributed by atoms with van der Waals surface area (Å²) in [6, 6.07) is 14.2. The summed E-state index contributed by atoms with van der Waals surface area (Å²) in [5.74, 6) is 0.289. The van der Waals surface area contributed by atoms with Crippen LogP contribution >= 0.6 is 11.8 Å². The third kappa shape index (κ3) is 4.50. The quantitative estimate of drug-likeness (QED) is 0.540. The van der Waals surface area contributed by atoms with E-state index in [0.29, 0.717) is 13.3 Å². The van der Waals surface area contributed by atoms with E-state index in [0.717, 1.165) is 38.2 Å². The van der Waals surface area contributed by atoms with Gasteiger partial charge in [-0.05, 0) is 42.3 Å². The molecule has 0 amide bonds. The number of nitrogens with zero attached hydrogens (tertiary/aromatic N) is 3. The van der Waals surface area contributed by atoms with E-state index in [1.807, 2.05) is 36.1 Å². The van der Waals surface area contributed by atoms with Crippen LogP contribution in [0.25, 0.3) is 0 Å². The molecule has 1 atom stereocenters. The molecular weight excluding hydrogens is 412 g/mol. The third-order valence-electron chi connectivity index (χ3n) is 5.14. The van der Waals surface area contributed by atoms with Crippen molar-refractivity contribution in [3.8, 4) is 0 Å². The van der Waals surface area contributed by atoms with Gasteiger partial charge in [-0.15, -0.1) is 0 Å². The molecule has 2 heterocycles. The van der Waals surface area contributed by atoms with Crippen molar-refractivity contribution in [3.63, 3.8) is 0 Å². The van der Waals surface area contributed by atoms with Gasteiger partial charge in [0.05, 0.1) is 18.7 Å². The average molecular weight is 437 g/mol. The van der Waals surface area contributed by atoms with Gasteiger partial charge in [-0.3, -0.25) is 9.69 Å². The van der Waals surface area contributed by atoms with Crippen LogP contribution in [0.4, 0.5) is 17.2 Å². The van der Waals surface area contributed by atoms with Crippen molar-refractivity contribution in [2.75, 3.05) is 31.2 Å². The number of hydrogen-bond acceptors (Lipinski definition) is 8. The van der Waals surface area contributed by atoms with Gasteiger partial charge in [-0.25, -0.2) is 9.97 Å². The number of carbonyl (C=O) groups is 1. The molecule has 2 aromatic carbocycles. The first kappa shape index (κ1) is 21.1. The molecular formula is C23H24N4O3S. The van der Waals surface area contributed by atoms with Crippen LogP contribution in [0.15, 0.2) is 64.8 Å². The summed E-state index contributed by atoms with van der Waals surface area (Å²) in [4.78, 5) is 23.8. The Morgan fingerprint density at radius 2 is 1.90 bits per heavy atom. The van der Waals surface area contributed by atoms with Crippen LogP contribution in [-0.2, 0) is 20.8 Å². The van der Waals surface area contributed by atoms with E-state index in [1.165, 1.54) is 7.11 Å². The van der Waals surface area contributed by atoms with Crippen LogP contribution in [0.2, 0.25) is 0 Å². The van der Waals surface area contributed by atoms with Gasteiger partial charge in [0.1, 0.15) is 11.8 Å². The van der Waals surface area contributed by atoms with E-state index >= 15 is 0 Å². The Morgan fingerprint density at radius 1 is 1.13 bits per heavy atom. The Hall–Kier alpha value is -3.10. The third-order valence-corrected chi connectivity index (χ3v) is 6.19. The number of fused-ring (bicyclic) bond motifs is 2. The van der Waals surface area contributed by atoms with E-state index in [1.54, 1.807) is 31.3 Å². The van der Waals surface area contributed by atoms with Crippen LogP contribution in [-0.4, -0.2) is 36.9 Å². The minimum atomic E-state index is -0.282. The van der Waals surface area contributed by atoms with Crippen molar-refractivity contribution in [3.05, 3.63) is 66.0 Å². The Balaban J connectivity index is 1.49. The fourth-order valence-corrected chi connectivity index (χ4v) is 4.42. The highest BCUT2D eigenvalue weighted by molar-refractivity contribution is 7.99. The minimum absolute atomic E-state index is 0.237. The zero-order valence-corrected chi connectivity index (χ0v) is 18.5. The van der Waals surface area contributed by atoms with Crippen LogP contribution in [0.5, 0.6) is 0 Å². The molecule has 1 N–H and O–H groups in total. The number of carbonyl (C=O) groups excluding carboxylic acids is 1. The summed E-state index contributed by atoms with van der Waals surface area (Å²) < 4.78 is 10.2. The van der Waals surface area contributed by atoms with Gasteiger partial charge < -0.3 is 14.8 Å². The molecule has 160 valence electrons. The second-order valence-corrected chi connectivity index (χ2v) is 8.19. The molecule has 31 heavy (non-hydrogen) atoms. The first-order chi connectivity index (χ1) is 15.1. The van der Waals surface area contributed by atoms with Crippen molar-refractivity contribution in [2.45, 2.75) is 29.3 Å². The number of methoxy groups -OCH3 is 2. The van der Waals surface area contributed by atoms with Gasteiger partial charge in [0.2, 0.25) is 0 Å². The van der Waals surface area contributed by atoms with E-state index in [4.69, 9.17) is 9.47 Å². The molecule has 8 heteroatoms. The lowest BCUT2D eigenvalue weighted by Crippen LogP contribution is -2.24. The highest BCUT2D eigenvalue weighted by atomic mass is 32.2. The second-order valence-electron chi connectivity index (χ2n) is 7.16. The molecule has 1 aromatic heterocycles. The second kappa shape index (κ2) is 9.36. The normalized spacial score (nSPS) is 13.2. The molecule has 4 rings (SSSR count). The number of rotatable bonds is 7. The van der Waals surface area contributed by atoms with Gasteiger partial charge >= 0.3 is 5.97 Å². The number of nitrogens with one attached hydrogen (secondary N) is 1. The van der Waals surface area contributed by atoms with Crippen molar-refractivity contribution in [2.24, 2.45) is 0 Å². The van der Waals surface area contributed by atoms with Crippen LogP contribution in [0.1, 0.15) is 24.0 Å². The predicted molar refractivity (Wildman–Crippen MR) is 121 cm³/mol. The summed E-state index contributed by atoms with van der Waals surface area (Å²) in [5, 5.41) is 4.32. The van der Waals surface area contributed by atoms with Crippen LogP contribution < -0.4 is 10.2 Å². The Bertz CT molecular complexity index is 1070. The molecule has 1 unspecified atom stereocenters. The molecule has 3 aromatic rings. The molecule has 1 aliphatic rings. The fourth-order valence-electron chi connectivity index (χ4n) is 3.43. The number of aromatic nitrogens is 2. The Kier molecular flexibility index (Phi) is 6.39. The maximum Gasteiger partial charge on any atom is 0.312 e. The zero-order chi connectivity index (χ0) is 21.8. The highest BCUT2D eigenvalue weighted by Crippen LogP contribution is 2.46. The monoisotopic (exact) mass is 436 g/mol. The standard InChI is InChI=1S/C23H24N4O3S/c1-15(23(28)30-3)17-5-7-18(8-6-17)26-13-16-4-9-20-19(12-16)27(14-29-2)21-22(31-20)25-11-10-24-21/h4-12,15,26H,13-14H2,1-3H3. The topological polar surface area (TPSA) is 76.6 Å². The highest BCUT2D eigenvalue weighted by Gasteiger charge is 2.25. The van der Waals surface area contributed by atoms with Gasteiger partial charge in [0.15, 0.2) is 5.82 Å². The van der Waals surface area contributed by atoms with Crippen molar-refractivity contribution >= 4 is 34.9 Å². The summed E-state index contributed by atoms with van der Waals surface area (Å²) in [7, 11) is 3.08.